The maximum absolute atomic E-state index is 13.0. The number of carbonyl (C=O) groups excluding carboxylic acids is 2. The van der Waals surface area contributed by atoms with Gasteiger partial charge < -0.3 is 4.79 Å². The molecule has 1 aromatic carbocycles. The summed E-state index contributed by atoms with van der Waals surface area (Å²) in [5.74, 6) is -0.250. The summed E-state index contributed by atoms with van der Waals surface area (Å²) in [5.41, 5.74) is 9.44. The second-order valence-corrected chi connectivity index (χ2v) is 8.56. The molecule has 0 amide bonds. The van der Waals surface area contributed by atoms with E-state index in [2.05, 4.69) is 66.3 Å². The molecule has 150 valence electrons. The van der Waals surface area contributed by atoms with Crippen molar-refractivity contribution in [3.8, 4) is 0 Å². The average molecular weight is 379 g/mol. The first-order valence-corrected chi connectivity index (χ1v) is 10.2. The molecule has 2 atom stereocenters. The van der Waals surface area contributed by atoms with Gasteiger partial charge in [0.25, 0.3) is 0 Å². The molecular formula is C26H34O2. The van der Waals surface area contributed by atoms with E-state index in [0.717, 1.165) is 28.7 Å². The first kappa shape index (κ1) is 22.1. The molecule has 2 nitrogen and oxygen atoms in total. The van der Waals surface area contributed by atoms with Crippen molar-refractivity contribution in [2.24, 2.45) is 5.92 Å². The molecule has 0 saturated heterocycles. The fraction of sp³-hybridized carbons (Fsp3) is 0.462. The van der Waals surface area contributed by atoms with E-state index >= 15 is 0 Å². The zero-order valence-electron chi connectivity index (χ0n) is 18.5. The third kappa shape index (κ3) is 4.60. The van der Waals surface area contributed by atoms with E-state index in [1.54, 1.807) is 6.92 Å². The van der Waals surface area contributed by atoms with Crippen molar-refractivity contribution >= 4 is 17.1 Å². The van der Waals surface area contributed by atoms with Crippen molar-refractivity contribution in [1.29, 1.82) is 0 Å². The van der Waals surface area contributed by atoms with Gasteiger partial charge in [0.05, 0.1) is 5.92 Å². The Balaban J connectivity index is 2.50. The minimum atomic E-state index is -0.272. The number of carbonyl (C=O) groups is 2. The predicted octanol–water partition coefficient (Wildman–Crippen LogP) is 6.66. The lowest BCUT2D eigenvalue weighted by Crippen LogP contribution is -2.17. The van der Waals surface area contributed by atoms with Crippen LogP contribution in [0.15, 0.2) is 41.5 Å². The van der Waals surface area contributed by atoms with Crippen LogP contribution in [0.3, 0.4) is 0 Å². The summed E-state index contributed by atoms with van der Waals surface area (Å²) in [6.45, 7) is 18.5. The molecule has 1 saturated carbocycles. The lowest BCUT2D eigenvalue weighted by molar-refractivity contribution is -0.126. The van der Waals surface area contributed by atoms with Gasteiger partial charge in [0.2, 0.25) is 0 Å². The summed E-state index contributed by atoms with van der Waals surface area (Å²) in [6.07, 6.45) is 4.15. The summed E-state index contributed by atoms with van der Waals surface area (Å²) < 4.78 is 0. The van der Waals surface area contributed by atoms with E-state index in [-0.39, 0.29) is 23.4 Å². The Kier molecular flexibility index (Phi) is 6.98. The zero-order chi connectivity index (χ0) is 21.2. The van der Waals surface area contributed by atoms with Crippen LogP contribution in [0.4, 0.5) is 0 Å². The Bertz CT molecular complexity index is 853. The van der Waals surface area contributed by atoms with Gasteiger partial charge in [0, 0.05) is 12.3 Å². The molecule has 0 aliphatic heterocycles. The third-order valence-electron chi connectivity index (χ3n) is 5.70. The number of ketones is 2. The Morgan fingerprint density at radius 3 is 2.18 bits per heavy atom. The summed E-state index contributed by atoms with van der Waals surface area (Å²) in [4.78, 5) is 24.6. The topological polar surface area (TPSA) is 34.1 Å². The van der Waals surface area contributed by atoms with Crippen LogP contribution in [0.1, 0.15) is 82.1 Å². The monoisotopic (exact) mass is 378 g/mol. The minimum Gasteiger partial charge on any atom is -0.300 e. The van der Waals surface area contributed by atoms with Crippen molar-refractivity contribution in [2.75, 3.05) is 0 Å². The molecule has 0 radical (unpaired) electrons. The highest BCUT2D eigenvalue weighted by Gasteiger charge is 2.39. The Labute approximate surface area is 170 Å². The summed E-state index contributed by atoms with van der Waals surface area (Å²) in [7, 11) is 0. The SMILES string of the molecule is C=C1CC(CC(C)=O)C(=O)C1c1c(C)cc(/C(CC)=C(\C)C=C(C)C)cc1C. The van der Waals surface area contributed by atoms with E-state index in [0.29, 0.717) is 12.8 Å². The van der Waals surface area contributed by atoms with Gasteiger partial charge in [0.15, 0.2) is 0 Å². The van der Waals surface area contributed by atoms with Gasteiger partial charge in [-0.15, -0.1) is 0 Å². The van der Waals surface area contributed by atoms with Gasteiger partial charge in [-0.2, -0.15) is 0 Å². The molecule has 0 N–H and O–H groups in total. The van der Waals surface area contributed by atoms with Gasteiger partial charge in [0.1, 0.15) is 11.6 Å². The second kappa shape index (κ2) is 8.86. The van der Waals surface area contributed by atoms with E-state index in [4.69, 9.17) is 0 Å². The van der Waals surface area contributed by atoms with Crippen molar-refractivity contribution in [1.82, 2.24) is 0 Å². The predicted molar refractivity (Wildman–Crippen MR) is 119 cm³/mol. The van der Waals surface area contributed by atoms with Crippen LogP contribution < -0.4 is 0 Å². The van der Waals surface area contributed by atoms with Crippen LogP contribution in [0.25, 0.3) is 5.57 Å². The van der Waals surface area contributed by atoms with Crippen LogP contribution in [0.2, 0.25) is 0 Å². The number of aryl methyl sites for hydroxylation is 2. The van der Waals surface area contributed by atoms with Crippen molar-refractivity contribution < 1.29 is 9.59 Å². The van der Waals surface area contributed by atoms with Crippen LogP contribution >= 0.6 is 0 Å². The maximum atomic E-state index is 13.0. The molecule has 1 aliphatic rings. The quantitative estimate of drug-likeness (QED) is 0.409. The fourth-order valence-electron chi connectivity index (χ4n) is 4.67. The molecule has 0 aromatic heterocycles. The first-order chi connectivity index (χ1) is 13.1. The fourth-order valence-corrected chi connectivity index (χ4v) is 4.67. The number of hydrogen-bond acceptors (Lipinski definition) is 2. The maximum Gasteiger partial charge on any atom is 0.148 e. The standard InChI is InChI=1S/C26H34O2/c1-9-23(16(4)10-15(2)3)21-11-17(5)24(18(6)12-21)25-19(7)13-22(26(25)28)14-20(8)27/h10-12,22,25H,7,9,13-14H2,1-6,8H3/b23-16+. The largest absolute Gasteiger partial charge is 0.300 e. The van der Waals surface area contributed by atoms with Crippen LogP contribution in [0.5, 0.6) is 0 Å². The average Bonchev–Trinajstić information content (AvgIpc) is 2.81. The first-order valence-electron chi connectivity index (χ1n) is 10.2. The van der Waals surface area contributed by atoms with Crippen molar-refractivity contribution in [3.05, 3.63) is 63.8 Å². The molecule has 1 fully saturated rings. The number of rotatable bonds is 6. The van der Waals surface area contributed by atoms with Gasteiger partial charge in [-0.05, 0) is 87.8 Å². The van der Waals surface area contributed by atoms with E-state index < -0.39 is 0 Å². The normalized spacial score (nSPS) is 20.2. The highest BCUT2D eigenvalue weighted by atomic mass is 16.1. The van der Waals surface area contributed by atoms with E-state index in [1.165, 1.54) is 22.3 Å². The van der Waals surface area contributed by atoms with E-state index in [1.807, 2.05) is 0 Å². The molecule has 2 unspecified atom stereocenters. The Morgan fingerprint density at radius 2 is 1.71 bits per heavy atom. The second-order valence-electron chi connectivity index (χ2n) is 8.56. The van der Waals surface area contributed by atoms with Gasteiger partial charge in [-0.1, -0.05) is 42.9 Å². The molecule has 1 aromatic rings. The summed E-state index contributed by atoms with van der Waals surface area (Å²) in [6, 6.07) is 4.42. The molecule has 2 rings (SSSR count). The molecule has 0 heterocycles. The van der Waals surface area contributed by atoms with Crippen LogP contribution in [-0.2, 0) is 9.59 Å². The molecule has 2 heteroatoms. The van der Waals surface area contributed by atoms with Gasteiger partial charge in [-0.3, -0.25) is 4.79 Å². The highest BCUT2D eigenvalue weighted by Crippen LogP contribution is 2.43. The van der Waals surface area contributed by atoms with Gasteiger partial charge in [-0.25, -0.2) is 0 Å². The third-order valence-corrected chi connectivity index (χ3v) is 5.70. The smallest absolute Gasteiger partial charge is 0.148 e. The Morgan fingerprint density at radius 1 is 1.14 bits per heavy atom. The Hall–Kier alpha value is -2.22. The van der Waals surface area contributed by atoms with Gasteiger partial charge >= 0.3 is 0 Å². The molecular weight excluding hydrogens is 344 g/mol. The highest BCUT2D eigenvalue weighted by molar-refractivity contribution is 5.97. The summed E-state index contributed by atoms with van der Waals surface area (Å²) >= 11 is 0. The summed E-state index contributed by atoms with van der Waals surface area (Å²) in [5, 5.41) is 0. The van der Waals surface area contributed by atoms with Crippen molar-refractivity contribution in [3.63, 3.8) is 0 Å². The minimum absolute atomic E-state index is 0.0723. The molecule has 28 heavy (non-hydrogen) atoms. The van der Waals surface area contributed by atoms with Crippen molar-refractivity contribution in [2.45, 2.75) is 73.6 Å². The van der Waals surface area contributed by atoms with Crippen LogP contribution in [0, 0.1) is 19.8 Å². The van der Waals surface area contributed by atoms with Crippen LogP contribution in [-0.4, -0.2) is 11.6 Å². The molecule has 1 aliphatic carbocycles. The van der Waals surface area contributed by atoms with E-state index in [9.17, 15) is 9.59 Å². The molecule has 0 spiro atoms. The lowest BCUT2D eigenvalue weighted by Gasteiger charge is -2.20. The number of benzene rings is 1. The molecule has 0 bridgehead atoms. The lowest BCUT2D eigenvalue weighted by atomic mass is 9.83. The zero-order valence-corrected chi connectivity index (χ0v) is 18.5. The number of hydrogen-bond donors (Lipinski definition) is 0. The number of allylic oxidation sites excluding steroid dienone is 5. The number of Topliss-reactive ketones (excluding diaryl/α,β-unsaturated/α-hetero) is 2.